The lowest BCUT2D eigenvalue weighted by atomic mass is 9.79. The zero-order valence-electron chi connectivity index (χ0n) is 11.8. The third-order valence-corrected chi connectivity index (χ3v) is 5.48. The fraction of sp³-hybridized carbons (Fsp3) is 0.467. The van der Waals surface area contributed by atoms with E-state index in [2.05, 4.69) is 17.7 Å². The summed E-state index contributed by atoms with van der Waals surface area (Å²) in [5.74, 6) is 0.512. The Labute approximate surface area is 125 Å². The van der Waals surface area contributed by atoms with E-state index in [1.165, 1.54) is 18.2 Å². The van der Waals surface area contributed by atoms with Crippen LogP contribution in [0, 0.1) is 28.6 Å². The second kappa shape index (κ2) is 5.85. The Hall–Kier alpha value is -1.89. The van der Waals surface area contributed by atoms with Gasteiger partial charge in [0.15, 0.2) is 0 Å². The first-order valence-corrected chi connectivity index (χ1v) is 8.34. The zero-order valence-corrected chi connectivity index (χ0v) is 12.7. The van der Waals surface area contributed by atoms with Crippen LogP contribution in [0.4, 0.5) is 0 Å². The normalized spacial score (nSPS) is 25.8. The highest BCUT2D eigenvalue weighted by molar-refractivity contribution is 7.89. The van der Waals surface area contributed by atoms with E-state index in [9.17, 15) is 13.7 Å². The van der Waals surface area contributed by atoms with Gasteiger partial charge in [0.1, 0.15) is 5.54 Å². The van der Waals surface area contributed by atoms with E-state index in [0.29, 0.717) is 18.8 Å². The van der Waals surface area contributed by atoms with Crippen molar-refractivity contribution in [3.63, 3.8) is 0 Å². The average molecular weight is 303 g/mol. The predicted molar refractivity (Wildman–Crippen MR) is 77.5 cm³/mol. The van der Waals surface area contributed by atoms with Gasteiger partial charge in [0.25, 0.3) is 0 Å². The van der Waals surface area contributed by atoms with Crippen molar-refractivity contribution < 1.29 is 8.42 Å². The van der Waals surface area contributed by atoms with Crippen LogP contribution in [0.1, 0.15) is 38.2 Å². The molecule has 0 bridgehead atoms. The van der Waals surface area contributed by atoms with Crippen LogP contribution in [0.15, 0.2) is 29.2 Å². The standard InChI is InChI=1S/C15H17N3O2S/c1-12-5-7-15(11-17,8-6-12)18-21(19,20)14-4-2-3-13(9-14)10-16/h2-4,9,12,18H,5-8H2,1H3. The third kappa shape index (κ3) is 3.41. The quantitative estimate of drug-likeness (QED) is 0.927. The highest BCUT2D eigenvalue weighted by Gasteiger charge is 2.38. The smallest absolute Gasteiger partial charge is 0.207 e. The summed E-state index contributed by atoms with van der Waals surface area (Å²) < 4.78 is 27.4. The fourth-order valence-corrected chi connectivity index (χ4v) is 3.96. The number of sulfonamides is 1. The summed E-state index contributed by atoms with van der Waals surface area (Å²) in [4.78, 5) is 0.0230. The molecule has 6 heteroatoms. The van der Waals surface area contributed by atoms with Crippen LogP contribution in [0.25, 0.3) is 0 Å². The van der Waals surface area contributed by atoms with Crippen LogP contribution in [0.2, 0.25) is 0 Å². The molecule has 0 heterocycles. The Bertz CT molecular complexity index is 705. The molecule has 110 valence electrons. The van der Waals surface area contributed by atoms with Crippen molar-refractivity contribution >= 4 is 10.0 Å². The van der Waals surface area contributed by atoms with E-state index in [4.69, 9.17) is 5.26 Å². The van der Waals surface area contributed by atoms with Crippen LogP contribution in [-0.4, -0.2) is 14.0 Å². The van der Waals surface area contributed by atoms with Gasteiger partial charge in [-0.25, -0.2) is 8.42 Å². The van der Waals surface area contributed by atoms with E-state index in [0.717, 1.165) is 12.8 Å². The van der Waals surface area contributed by atoms with E-state index in [1.807, 2.05) is 6.07 Å². The molecule has 2 rings (SSSR count). The maximum Gasteiger partial charge on any atom is 0.241 e. The third-order valence-electron chi connectivity index (χ3n) is 3.95. The molecule has 1 aromatic rings. The van der Waals surface area contributed by atoms with Crippen molar-refractivity contribution in [1.29, 1.82) is 10.5 Å². The molecule has 1 aliphatic carbocycles. The number of nitrogens with one attached hydrogen (secondary N) is 1. The summed E-state index contributed by atoms with van der Waals surface area (Å²) in [6, 6.07) is 9.87. The minimum absolute atomic E-state index is 0.0230. The zero-order chi connectivity index (χ0) is 15.5. The first kappa shape index (κ1) is 15.5. The van der Waals surface area contributed by atoms with Crippen molar-refractivity contribution in [3.05, 3.63) is 29.8 Å². The van der Waals surface area contributed by atoms with Gasteiger partial charge in [0.05, 0.1) is 22.6 Å². The van der Waals surface area contributed by atoms with Crippen LogP contribution in [0.5, 0.6) is 0 Å². The number of nitriles is 2. The molecule has 0 aliphatic heterocycles. The van der Waals surface area contributed by atoms with Gasteiger partial charge in [-0.3, -0.25) is 0 Å². The molecule has 1 saturated carbocycles. The number of nitrogens with zero attached hydrogens (tertiary/aromatic N) is 2. The van der Waals surface area contributed by atoms with Crippen molar-refractivity contribution in [2.45, 2.75) is 43.0 Å². The molecule has 0 spiro atoms. The van der Waals surface area contributed by atoms with Gasteiger partial charge in [0, 0.05) is 0 Å². The van der Waals surface area contributed by atoms with Gasteiger partial charge in [-0.05, 0) is 49.8 Å². The maximum absolute atomic E-state index is 12.4. The van der Waals surface area contributed by atoms with Crippen molar-refractivity contribution in [2.75, 3.05) is 0 Å². The SMILES string of the molecule is CC1CCC(C#N)(NS(=O)(=O)c2cccc(C#N)c2)CC1. The first-order chi connectivity index (χ1) is 9.91. The molecule has 1 aliphatic rings. The molecule has 1 N–H and O–H groups in total. The molecule has 0 saturated heterocycles. The summed E-state index contributed by atoms with van der Waals surface area (Å²) in [6.45, 7) is 2.10. The summed E-state index contributed by atoms with van der Waals surface area (Å²) in [7, 11) is -3.80. The minimum atomic E-state index is -3.80. The molecular weight excluding hydrogens is 286 g/mol. The van der Waals surface area contributed by atoms with Crippen molar-refractivity contribution in [2.24, 2.45) is 5.92 Å². The van der Waals surface area contributed by atoms with Crippen molar-refractivity contribution in [3.8, 4) is 12.1 Å². The summed E-state index contributed by atoms with van der Waals surface area (Å²) >= 11 is 0. The first-order valence-electron chi connectivity index (χ1n) is 6.86. The van der Waals surface area contributed by atoms with Crippen LogP contribution < -0.4 is 4.72 Å². The lowest BCUT2D eigenvalue weighted by molar-refractivity contribution is 0.278. The molecule has 0 atom stereocenters. The Kier molecular flexibility index (Phi) is 4.32. The van der Waals surface area contributed by atoms with Crippen LogP contribution in [-0.2, 0) is 10.0 Å². The van der Waals surface area contributed by atoms with Gasteiger partial charge in [-0.1, -0.05) is 13.0 Å². The molecule has 0 unspecified atom stereocenters. The highest BCUT2D eigenvalue weighted by atomic mass is 32.2. The monoisotopic (exact) mass is 303 g/mol. The summed E-state index contributed by atoms with van der Waals surface area (Å²) in [5.41, 5.74) is -0.755. The second-order valence-electron chi connectivity index (χ2n) is 5.62. The summed E-state index contributed by atoms with van der Waals surface area (Å²) in [5, 5.41) is 18.3. The lowest BCUT2D eigenvalue weighted by Gasteiger charge is -2.34. The molecule has 0 aromatic heterocycles. The van der Waals surface area contributed by atoms with E-state index in [-0.39, 0.29) is 10.5 Å². The average Bonchev–Trinajstić information content (AvgIpc) is 2.50. The summed E-state index contributed by atoms with van der Waals surface area (Å²) in [6.07, 6.45) is 2.69. The Balaban J connectivity index is 2.28. The number of benzene rings is 1. The molecule has 0 amide bonds. The minimum Gasteiger partial charge on any atom is -0.207 e. The van der Waals surface area contributed by atoms with E-state index in [1.54, 1.807) is 6.07 Å². The second-order valence-corrected chi connectivity index (χ2v) is 7.30. The molecule has 5 nitrogen and oxygen atoms in total. The molecule has 21 heavy (non-hydrogen) atoms. The highest BCUT2D eigenvalue weighted by Crippen LogP contribution is 2.32. The fourth-order valence-electron chi connectivity index (χ4n) is 2.54. The number of hydrogen-bond donors (Lipinski definition) is 1. The topological polar surface area (TPSA) is 93.8 Å². The Morgan fingerprint density at radius 3 is 2.52 bits per heavy atom. The predicted octanol–water partition coefficient (Wildman–Crippen LogP) is 2.31. The molecule has 1 fully saturated rings. The van der Waals surface area contributed by atoms with Gasteiger partial charge >= 0.3 is 0 Å². The molecule has 0 radical (unpaired) electrons. The Morgan fingerprint density at radius 1 is 1.29 bits per heavy atom. The van der Waals surface area contributed by atoms with Crippen LogP contribution >= 0.6 is 0 Å². The molecule has 1 aromatic carbocycles. The van der Waals surface area contributed by atoms with Crippen molar-refractivity contribution in [1.82, 2.24) is 4.72 Å². The Morgan fingerprint density at radius 2 is 1.95 bits per heavy atom. The van der Waals surface area contributed by atoms with E-state index >= 15 is 0 Å². The molecular formula is C15H17N3O2S. The lowest BCUT2D eigenvalue weighted by Crippen LogP contribution is -2.49. The van der Waals surface area contributed by atoms with Crippen LogP contribution in [0.3, 0.4) is 0 Å². The largest absolute Gasteiger partial charge is 0.241 e. The van der Waals surface area contributed by atoms with Gasteiger partial charge in [-0.2, -0.15) is 15.2 Å². The number of hydrogen-bond acceptors (Lipinski definition) is 4. The van der Waals surface area contributed by atoms with Gasteiger partial charge in [-0.15, -0.1) is 0 Å². The van der Waals surface area contributed by atoms with Gasteiger partial charge in [0.2, 0.25) is 10.0 Å². The van der Waals surface area contributed by atoms with Gasteiger partial charge < -0.3 is 0 Å². The van der Waals surface area contributed by atoms with E-state index < -0.39 is 15.6 Å². The number of rotatable bonds is 3. The maximum atomic E-state index is 12.4.